The quantitative estimate of drug-likeness (QED) is 0.744. The second kappa shape index (κ2) is 6.80. The number of nitrogens with zero attached hydrogens (tertiary/aromatic N) is 3. The molecule has 0 fully saturated rings. The first kappa shape index (κ1) is 16.6. The average Bonchev–Trinajstić information content (AvgIpc) is 3.13. The number of amides is 1. The van der Waals surface area contributed by atoms with Crippen molar-refractivity contribution in [3.8, 4) is 5.75 Å². The van der Waals surface area contributed by atoms with Crippen LogP contribution < -0.4 is 0 Å². The Bertz CT molecular complexity index is 942. The SMILES string of the molecule is O=C(Cc1ccc(O)c(Cl)c1)N1CCc2[nH]cnc2C1c1cccnc1. The van der Waals surface area contributed by atoms with Crippen LogP contribution in [0.2, 0.25) is 5.02 Å². The number of halogens is 1. The number of phenolic OH excluding ortho intramolecular Hbond substituents is 1. The van der Waals surface area contributed by atoms with Gasteiger partial charge in [-0.3, -0.25) is 9.78 Å². The number of pyridine rings is 1. The number of H-pyrrole nitrogens is 1. The van der Waals surface area contributed by atoms with Gasteiger partial charge in [0.15, 0.2) is 0 Å². The number of carbonyl (C=O) groups excluding carboxylic acids is 1. The minimum Gasteiger partial charge on any atom is -0.506 e. The molecule has 1 atom stereocenters. The molecule has 0 spiro atoms. The van der Waals surface area contributed by atoms with Gasteiger partial charge in [0.05, 0.1) is 23.5 Å². The molecule has 3 aromatic rings. The van der Waals surface area contributed by atoms with Gasteiger partial charge in [-0.05, 0) is 29.3 Å². The van der Waals surface area contributed by atoms with E-state index in [1.807, 2.05) is 17.0 Å². The van der Waals surface area contributed by atoms with E-state index in [0.717, 1.165) is 28.9 Å². The van der Waals surface area contributed by atoms with E-state index in [9.17, 15) is 9.90 Å². The van der Waals surface area contributed by atoms with Gasteiger partial charge in [-0.15, -0.1) is 0 Å². The van der Waals surface area contributed by atoms with Crippen molar-refractivity contribution in [2.45, 2.75) is 18.9 Å². The summed E-state index contributed by atoms with van der Waals surface area (Å²) in [5.74, 6) is -0.00972. The van der Waals surface area contributed by atoms with Crippen LogP contribution in [0.3, 0.4) is 0 Å². The molecule has 132 valence electrons. The molecular formula is C19H17ClN4O2. The molecule has 1 unspecified atom stereocenters. The molecule has 1 aliphatic rings. The highest BCUT2D eigenvalue weighted by molar-refractivity contribution is 6.32. The van der Waals surface area contributed by atoms with Crippen molar-refractivity contribution in [2.24, 2.45) is 0 Å². The van der Waals surface area contributed by atoms with Gasteiger partial charge in [0, 0.05) is 31.1 Å². The summed E-state index contributed by atoms with van der Waals surface area (Å²) in [7, 11) is 0. The number of carbonyl (C=O) groups is 1. The molecular weight excluding hydrogens is 352 g/mol. The van der Waals surface area contributed by atoms with Crippen LogP contribution in [-0.4, -0.2) is 37.4 Å². The van der Waals surface area contributed by atoms with Crippen LogP contribution in [-0.2, 0) is 17.6 Å². The number of hydrogen-bond acceptors (Lipinski definition) is 4. The van der Waals surface area contributed by atoms with Crippen molar-refractivity contribution in [3.05, 3.63) is 76.6 Å². The summed E-state index contributed by atoms with van der Waals surface area (Å²) in [5, 5.41) is 9.80. The van der Waals surface area contributed by atoms with Crippen molar-refractivity contribution in [3.63, 3.8) is 0 Å². The number of phenols is 1. The second-order valence-electron chi connectivity index (χ2n) is 6.25. The summed E-state index contributed by atoms with van der Waals surface area (Å²) in [6.07, 6.45) is 6.08. The van der Waals surface area contributed by atoms with Crippen LogP contribution in [0.4, 0.5) is 0 Å². The molecule has 0 saturated heterocycles. The first-order chi connectivity index (χ1) is 12.6. The zero-order valence-corrected chi connectivity index (χ0v) is 14.6. The molecule has 7 heteroatoms. The molecule has 4 rings (SSSR count). The van der Waals surface area contributed by atoms with E-state index in [-0.39, 0.29) is 29.1 Å². The van der Waals surface area contributed by atoms with Gasteiger partial charge in [-0.25, -0.2) is 4.98 Å². The standard InChI is InChI=1S/C19H17ClN4O2/c20-14-8-12(3-4-16(14)25)9-17(26)24-7-5-15-18(23-11-22-15)19(24)13-2-1-6-21-10-13/h1-4,6,8,10-11,19,25H,5,7,9H2,(H,22,23). The van der Waals surface area contributed by atoms with Gasteiger partial charge in [0.1, 0.15) is 11.8 Å². The summed E-state index contributed by atoms with van der Waals surface area (Å²) < 4.78 is 0. The second-order valence-corrected chi connectivity index (χ2v) is 6.66. The molecule has 2 N–H and O–H groups in total. The highest BCUT2D eigenvalue weighted by atomic mass is 35.5. The van der Waals surface area contributed by atoms with Gasteiger partial charge in [-0.2, -0.15) is 0 Å². The Morgan fingerprint density at radius 3 is 3.04 bits per heavy atom. The molecule has 1 amide bonds. The molecule has 1 aromatic carbocycles. The van der Waals surface area contributed by atoms with Crippen LogP contribution in [0.1, 0.15) is 28.6 Å². The predicted molar refractivity (Wildman–Crippen MR) is 96.9 cm³/mol. The van der Waals surface area contributed by atoms with Crippen LogP contribution in [0, 0.1) is 0 Å². The van der Waals surface area contributed by atoms with E-state index in [1.54, 1.807) is 30.9 Å². The lowest BCUT2D eigenvalue weighted by atomic mass is 9.96. The van der Waals surface area contributed by atoms with Crippen molar-refractivity contribution >= 4 is 17.5 Å². The topological polar surface area (TPSA) is 82.1 Å². The zero-order chi connectivity index (χ0) is 18.1. The number of rotatable bonds is 3. The minimum atomic E-state index is -0.265. The van der Waals surface area contributed by atoms with Gasteiger partial charge >= 0.3 is 0 Å². The number of imidazole rings is 1. The third-order valence-corrected chi connectivity index (χ3v) is 4.92. The first-order valence-electron chi connectivity index (χ1n) is 8.32. The summed E-state index contributed by atoms with van der Waals surface area (Å²) >= 11 is 5.96. The van der Waals surface area contributed by atoms with Crippen molar-refractivity contribution in [1.82, 2.24) is 19.9 Å². The maximum Gasteiger partial charge on any atom is 0.227 e. The average molecular weight is 369 g/mol. The number of fused-ring (bicyclic) bond motifs is 1. The smallest absolute Gasteiger partial charge is 0.227 e. The van der Waals surface area contributed by atoms with E-state index < -0.39 is 0 Å². The highest BCUT2D eigenvalue weighted by Gasteiger charge is 2.34. The van der Waals surface area contributed by atoms with Crippen LogP contribution in [0.15, 0.2) is 49.1 Å². The minimum absolute atomic E-state index is 0.00948. The van der Waals surface area contributed by atoms with E-state index in [2.05, 4.69) is 15.0 Å². The van der Waals surface area contributed by atoms with Crippen LogP contribution in [0.5, 0.6) is 5.75 Å². The lowest BCUT2D eigenvalue weighted by molar-refractivity contribution is -0.132. The molecule has 1 aliphatic heterocycles. The Morgan fingerprint density at radius 1 is 1.38 bits per heavy atom. The summed E-state index contributed by atoms with van der Waals surface area (Å²) in [6.45, 7) is 0.597. The van der Waals surface area contributed by atoms with Crippen molar-refractivity contribution < 1.29 is 9.90 Å². The fraction of sp³-hybridized carbons (Fsp3) is 0.211. The number of aromatic amines is 1. The highest BCUT2D eigenvalue weighted by Crippen LogP contribution is 2.33. The lowest BCUT2D eigenvalue weighted by Gasteiger charge is -2.35. The third kappa shape index (κ3) is 3.04. The molecule has 0 radical (unpaired) electrons. The van der Waals surface area contributed by atoms with E-state index in [0.29, 0.717) is 6.54 Å². The third-order valence-electron chi connectivity index (χ3n) is 4.61. The monoisotopic (exact) mass is 368 g/mol. The van der Waals surface area contributed by atoms with Gasteiger partial charge < -0.3 is 15.0 Å². The summed E-state index contributed by atoms with van der Waals surface area (Å²) in [4.78, 5) is 26.7. The van der Waals surface area contributed by atoms with Crippen LogP contribution in [0.25, 0.3) is 0 Å². The molecule has 26 heavy (non-hydrogen) atoms. The Labute approximate surface area is 155 Å². The zero-order valence-electron chi connectivity index (χ0n) is 13.9. The predicted octanol–water partition coefficient (Wildman–Crippen LogP) is 2.88. The Hall–Kier alpha value is -2.86. The first-order valence-corrected chi connectivity index (χ1v) is 8.70. The van der Waals surface area contributed by atoms with E-state index >= 15 is 0 Å². The normalized spacial score (nSPS) is 16.3. The van der Waals surface area contributed by atoms with Crippen molar-refractivity contribution in [1.29, 1.82) is 0 Å². The Morgan fingerprint density at radius 2 is 2.27 bits per heavy atom. The lowest BCUT2D eigenvalue weighted by Crippen LogP contribution is -2.41. The number of hydrogen-bond donors (Lipinski definition) is 2. The summed E-state index contributed by atoms with van der Waals surface area (Å²) in [6, 6.07) is 8.39. The molecule has 0 saturated carbocycles. The largest absolute Gasteiger partial charge is 0.506 e. The molecule has 6 nitrogen and oxygen atoms in total. The van der Waals surface area contributed by atoms with E-state index in [4.69, 9.17) is 11.6 Å². The number of benzene rings is 1. The fourth-order valence-electron chi connectivity index (χ4n) is 3.36. The van der Waals surface area contributed by atoms with Crippen LogP contribution >= 0.6 is 11.6 Å². The molecule has 0 aliphatic carbocycles. The van der Waals surface area contributed by atoms with Gasteiger partial charge in [-0.1, -0.05) is 23.7 Å². The van der Waals surface area contributed by atoms with E-state index in [1.165, 1.54) is 6.07 Å². The fourth-order valence-corrected chi connectivity index (χ4v) is 3.56. The van der Waals surface area contributed by atoms with Gasteiger partial charge in [0.2, 0.25) is 5.91 Å². The molecule has 0 bridgehead atoms. The Kier molecular flexibility index (Phi) is 4.34. The maximum absolute atomic E-state index is 13.0. The van der Waals surface area contributed by atoms with Crippen molar-refractivity contribution in [2.75, 3.05) is 6.54 Å². The number of aromatic nitrogens is 3. The summed E-state index contributed by atoms with van der Waals surface area (Å²) in [5.41, 5.74) is 3.60. The Balaban J connectivity index is 1.65. The number of nitrogens with one attached hydrogen (secondary N) is 1. The molecule has 2 aromatic heterocycles. The van der Waals surface area contributed by atoms with Gasteiger partial charge in [0.25, 0.3) is 0 Å². The maximum atomic E-state index is 13.0. The molecule has 3 heterocycles. The number of aromatic hydroxyl groups is 1.